The van der Waals surface area contributed by atoms with E-state index in [0.717, 1.165) is 49.9 Å². The van der Waals surface area contributed by atoms with Crippen molar-refractivity contribution in [2.45, 2.75) is 31.3 Å². The molecule has 6 heteroatoms. The van der Waals surface area contributed by atoms with Crippen LogP contribution in [0.15, 0.2) is 5.16 Å². The van der Waals surface area contributed by atoms with E-state index in [-0.39, 0.29) is 5.91 Å². The van der Waals surface area contributed by atoms with Crippen LogP contribution in [0.25, 0.3) is 0 Å². The van der Waals surface area contributed by atoms with Crippen molar-refractivity contribution in [3.63, 3.8) is 0 Å². The molecule has 3 rings (SSSR count). The number of thioether (sulfide) groups is 1. The molecule has 21 heavy (non-hydrogen) atoms. The van der Waals surface area contributed by atoms with Crippen LogP contribution < -0.4 is 0 Å². The molecule has 1 aromatic rings. The summed E-state index contributed by atoms with van der Waals surface area (Å²) >= 11 is 1.48. The lowest BCUT2D eigenvalue weighted by Gasteiger charge is -2.32. The Morgan fingerprint density at radius 3 is 2.71 bits per heavy atom. The molecule has 1 aromatic heterocycles. The maximum atomic E-state index is 12.2. The van der Waals surface area contributed by atoms with E-state index in [9.17, 15) is 4.79 Å². The lowest BCUT2D eigenvalue weighted by Crippen LogP contribution is -2.47. The maximum absolute atomic E-state index is 12.2. The molecule has 1 fully saturated rings. The highest BCUT2D eigenvalue weighted by atomic mass is 32.2. The van der Waals surface area contributed by atoms with Gasteiger partial charge in [0, 0.05) is 37.6 Å². The van der Waals surface area contributed by atoms with E-state index in [0.29, 0.717) is 5.75 Å². The monoisotopic (exact) mass is 306 g/mol. The third-order valence-electron chi connectivity index (χ3n) is 4.30. The maximum Gasteiger partial charge on any atom is 0.233 e. The first kappa shape index (κ1) is 14.8. The van der Waals surface area contributed by atoms with Gasteiger partial charge in [-0.25, -0.2) is 9.97 Å². The molecular weight excluding hydrogens is 284 g/mol. The normalized spacial score (nSPS) is 18.9. The Bertz CT molecular complexity index is 541. The summed E-state index contributed by atoms with van der Waals surface area (Å²) in [5.41, 5.74) is 3.61. The molecule has 114 valence electrons. The number of carbonyl (C=O) groups is 1. The van der Waals surface area contributed by atoms with Gasteiger partial charge in [0.05, 0.1) is 5.75 Å². The minimum Gasteiger partial charge on any atom is -0.339 e. The average molecular weight is 306 g/mol. The Morgan fingerprint density at radius 2 is 1.95 bits per heavy atom. The fourth-order valence-electron chi connectivity index (χ4n) is 2.93. The van der Waals surface area contributed by atoms with E-state index >= 15 is 0 Å². The first-order valence-electron chi connectivity index (χ1n) is 7.59. The number of hydrogen-bond acceptors (Lipinski definition) is 5. The minimum absolute atomic E-state index is 0.204. The third-order valence-corrected chi connectivity index (χ3v) is 5.13. The second-order valence-corrected chi connectivity index (χ2v) is 6.79. The van der Waals surface area contributed by atoms with Gasteiger partial charge >= 0.3 is 0 Å². The summed E-state index contributed by atoms with van der Waals surface area (Å²) in [6, 6.07) is 0. The summed E-state index contributed by atoms with van der Waals surface area (Å²) in [4.78, 5) is 25.6. The second kappa shape index (κ2) is 6.32. The first-order chi connectivity index (χ1) is 10.1. The number of aryl methyl sites for hydroxylation is 2. The molecule has 1 aliphatic carbocycles. The van der Waals surface area contributed by atoms with Gasteiger partial charge in [0.25, 0.3) is 0 Å². The topological polar surface area (TPSA) is 49.3 Å². The SMILES string of the molecule is Cc1nc(SCC(=O)N2CCN(C)CC2)nc2c1CCC2. The molecule has 1 aliphatic heterocycles. The summed E-state index contributed by atoms with van der Waals surface area (Å²) in [6.07, 6.45) is 3.34. The number of hydrogen-bond donors (Lipinski definition) is 0. The molecule has 5 nitrogen and oxygen atoms in total. The van der Waals surface area contributed by atoms with Crippen LogP contribution in [0.2, 0.25) is 0 Å². The molecular formula is C15H22N4OS. The fourth-order valence-corrected chi connectivity index (χ4v) is 3.74. The molecule has 0 unspecified atom stereocenters. The molecule has 0 N–H and O–H groups in total. The van der Waals surface area contributed by atoms with Gasteiger partial charge in [-0.1, -0.05) is 11.8 Å². The van der Waals surface area contributed by atoms with Crippen LogP contribution in [-0.2, 0) is 17.6 Å². The van der Waals surface area contributed by atoms with Crippen LogP contribution in [0.4, 0.5) is 0 Å². The molecule has 1 saturated heterocycles. The van der Waals surface area contributed by atoms with Crippen molar-refractivity contribution in [1.29, 1.82) is 0 Å². The number of amides is 1. The van der Waals surface area contributed by atoms with Crippen LogP contribution in [0.1, 0.15) is 23.4 Å². The first-order valence-corrected chi connectivity index (χ1v) is 8.57. The zero-order valence-corrected chi connectivity index (χ0v) is 13.6. The van der Waals surface area contributed by atoms with E-state index in [1.165, 1.54) is 29.4 Å². The van der Waals surface area contributed by atoms with Crippen molar-refractivity contribution >= 4 is 17.7 Å². The van der Waals surface area contributed by atoms with E-state index in [2.05, 4.69) is 28.8 Å². The van der Waals surface area contributed by atoms with E-state index < -0.39 is 0 Å². The van der Waals surface area contributed by atoms with Crippen molar-refractivity contribution in [3.05, 3.63) is 17.0 Å². The number of carbonyl (C=O) groups excluding carboxylic acids is 1. The standard InChI is InChI=1S/C15H22N4OS/c1-11-12-4-3-5-13(12)17-15(16-11)21-10-14(20)19-8-6-18(2)7-9-19/h3-10H2,1-2H3. The Kier molecular flexibility index (Phi) is 4.45. The lowest BCUT2D eigenvalue weighted by molar-refractivity contribution is -0.129. The summed E-state index contributed by atoms with van der Waals surface area (Å²) < 4.78 is 0. The highest BCUT2D eigenvalue weighted by molar-refractivity contribution is 7.99. The van der Waals surface area contributed by atoms with Gasteiger partial charge < -0.3 is 9.80 Å². The zero-order valence-electron chi connectivity index (χ0n) is 12.8. The third kappa shape index (κ3) is 3.37. The van der Waals surface area contributed by atoms with Gasteiger partial charge in [-0.05, 0) is 38.8 Å². The Balaban J connectivity index is 1.58. The van der Waals surface area contributed by atoms with Crippen molar-refractivity contribution in [1.82, 2.24) is 19.8 Å². The average Bonchev–Trinajstić information content (AvgIpc) is 2.94. The predicted molar refractivity (Wildman–Crippen MR) is 83.6 cm³/mol. The summed E-state index contributed by atoms with van der Waals surface area (Å²) in [7, 11) is 2.09. The molecule has 1 amide bonds. The summed E-state index contributed by atoms with van der Waals surface area (Å²) in [5, 5.41) is 0.760. The van der Waals surface area contributed by atoms with Crippen LogP contribution >= 0.6 is 11.8 Å². The van der Waals surface area contributed by atoms with Crippen molar-refractivity contribution in [2.24, 2.45) is 0 Å². The molecule has 0 saturated carbocycles. The molecule has 0 atom stereocenters. The predicted octanol–water partition coefficient (Wildman–Crippen LogP) is 1.14. The molecule has 0 radical (unpaired) electrons. The smallest absolute Gasteiger partial charge is 0.233 e. The van der Waals surface area contributed by atoms with Crippen LogP contribution in [0.3, 0.4) is 0 Å². The van der Waals surface area contributed by atoms with E-state index in [4.69, 9.17) is 0 Å². The molecule has 2 aliphatic rings. The van der Waals surface area contributed by atoms with Crippen LogP contribution in [0, 0.1) is 6.92 Å². The Hall–Kier alpha value is -1.14. The number of fused-ring (bicyclic) bond motifs is 1. The number of aromatic nitrogens is 2. The minimum atomic E-state index is 0.204. The van der Waals surface area contributed by atoms with Crippen LogP contribution in [-0.4, -0.2) is 64.7 Å². The van der Waals surface area contributed by atoms with Crippen LogP contribution in [0.5, 0.6) is 0 Å². The van der Waals surface area contributed by atoms with Crippen molar-refractivity contribution in [3.8, 4) is 0 Å². The van der Waals surface area contributed by atoms with Gasteiger partial charge in [-0.15, -0.1) is 0 Å². The molecule has 2 heterocycles. The number of likely N-dealkylation sites (N-methyl/N-ethyl adjacent to an activating group) is 1. The summed E-state index contributed by atoms with van der Waals surface area (Å²) in [5.74, 6) is 0.650. The van der Waals surface area contributed by atoms with Gasteiger partial charge in [-0.2, -0.15) is 0 Å². The largest absolute Gasteiger partial charge is 0.339 e. The molecule has 0 bridgehead atoms. The Labute approximate surface area is 130 Å². The number of rotatable bonds is 3. The molecule has 0 spiro atoms. The van der Waals surface area contributed by atoms with E-state index in [1.807, 2.05) is 4.90 Å². The Morgan fingerprint density at radius 1 is 1.19 bits per heavy atom. The summed E-state index contributed by atoms with van der Waals surface area (Å²) in [6.45, 7) is 5.65. The lowest BCUT2D eigenvalue weighted by atomic mass is 10.2. The van der Waals surface area contributed by atoms with E-state index in [1.54, 1.807) is 0 Å². The number of nitrogens with zero attached hydrogens (tertiary/aromatic N) is 4. The van der Waals surface area contributed by atoms with Crippen molar-refractivity contribution < 1.29 is 4.79 Å². The van der Waals surface area contributed by atoms with Gasteiger partial charge in [0.2, 0.25) is 5.91 Å². The quantitative estimate of drug-likeness (QED) is 0.619. The fraction of sp³-hybridized carbons (Fsp3) is 0.667. The van der Waals surface area contributed by atoms with Gasteiger partial charge in [-0.3, -0.25) is 4.79 Å². The van der Waals surface area contributed by atoms with Gasteiger partial charge in [0.1, 0.15) is 0 Å². The van der Waals surface area contributed by atoms with Crippen molar-refractivity contribution in [2.75, 3.05) is 39.0 Å². The number of piperazine rings is 1. The zero-order chi connectivity index (χ0) is 14.8. The highest BCUT2D eigenvalue weighted by Gasteiger charge is 2.21. The molecule has 0 aromatic carbocycles. The second-order valence-electron chi connectivity index (χ2n) is 5.84. The highest BCUT2D eigenvalue weighted by Crippen LogP contribution is 2.25. The van der Waals surface area contributed by atoms with Gasteiger partial charge in [0.15, 0.2) is 5.16 Å².